The highest BCUT2D eigenvalue weighted by Crippen LogP contribution is 2.23. The molecule has 1 amide bonds. The molecule has 0 aromatic heterocycles. The first kappa shape index (κ1) is 35.2. The summed E-state index contributed by atoms with van der Waals surface area (Å²) in [6.07, 6.45) is 14.6. The van der Waals surface area contributed by atoms with Crippen molar-refractivity contribution in [3.05, 3.63) is 84.7 Å². The standard InChI is InChI=1S/C35H45ClNO5/c1-3-4-5-8-11-14-31(38)15-12-9-6-7-10-13-16-32(35(2,42)34(40)41)33(39)37-26-25-27-17-19-28(20-18-27)29-21-23-30(36)24-22-29/h2,13,16-24,26,32,42H,3-12,14-15,25H2,1H3,(H,37,39)(H,40,41)/b16-13+/t32-,35+/m1/s1. The summed E-state index contributed by atoms with van der Waals surface area (Å²) in [6.45, 7) is 9.32. The lowest BCUT2D eigenvalue weighted by atomic mass is 9.87. The lowest BCUT2D eigenvalue weighted by molar-refractivity contribution is -0.160. The predicted molar refractivity (Wildman–Crippen MR) is 169 cm³/mol. The quantitative estimate of drug-likeness (QED) is 0.101. The Bertz CT molecular complexity index is 1130. The molecule has 0 aliphatic rings. The van der Waals surface area contributed by atoms with Crippen molar-refractivity contribution >= 4 is 29.3 Å². The van der Waals surface area contributed by atoms with E-state index in [2.05, 4.69) is 12.2 Å². The van der Waals surface area contributed by atoms with Gasteiger partial charge in [0.2, 0.25) is 5.91 Å². The topological polar surface area (TPSA) is 104 Å². The molecule has 2 aromatic carbocycles. The molecule has 2 atom stereocenters. The maximum Gasteiger partial charge on any atom is 0.337 e. The maximum atomic E-state index is 12.8. The average molecular weight is 595 g/mol. The molecule has 0 heterocycles. The maximum absolute atomic E-state index is 12.8. The summed E-state index contributed by atoms with van der Waals surface area (Å²) in [5.74, 6) is -3.51. The number of carboxylic acid groups (broad SMARTS) is 1. The molecule has 3 N–H and O–H groups in total. The zero-order chi connectivity index (χ0) is 30.8. The molecule has 0 aliphatic heterocycles. The molecule has 227 valence electrons. The molecule has 0 bridgehead atoms. The number of hydrogen-bond donors (Lipinski definition) is 3. The number of allylic oxidation sites excluding steroid dienone is 1. The minimum Gasteiger partial charge on any atom is -0.479 e. The molecule has 0 saturated carbocycles. The molecule has 0 aliphatic carbocycles. The van der Waals surface area contributed by atoms with Gasteiger partial charge in [0.15, 0.2) is 5.60 Å². The lowest BCUT2D eigenvalue weighted by Gasteiger charge is -2.25. The number of unbranched alkanes of at least 4 members (excludes halogenated alkanes) is 8. The van der Waals surface area contributed by atoms with Gasteiger partial charge in [-0.25, -0.2) is 4.79 Å². The van der Waals surface area contributed by atoms with E-state index in [1.165, 1.54) is 31.9 Å². The second-order valence-electron chi connectivity index (χ2n) is 10.8. The van der Waals surface area contributed by atoms with Gasteiger partial charge in [-0.15, -0.1) is 0 Å². The zero-order valence-corrected chi connectivity index (χ0v) is 25.5. The molecule has 2 aromatic rings. The number of carbonyl (C=O) groups is 3. The van der Waals surface area contributed by atoms with Crippen LogP contribution >= 0.6 is 11.6 Å². The van der Waals surface area contributed by atoms with Crippen LogP contribution in [0.3, 0.4) is 0 Å². The molecule has 42 heavy (non-hydrogen) atoms. The van der Waals surface area contributed by atoms with Gasteiger partial charge in [0.25, 0.3) is 0 Å². The van der Waals surface area contributed by atoms with Gasteiger partial charge in [0.05, 0.1) is 12.5 Å². The number of nitrogens with one attached hydrogen (secondary N) is 1. The molecule has 3 radical (unpaired) electrons. The fourth-order valence-electron chi connectivity index (χ4n) is 4.62. The van der Waals surface area contributed by atoms with Crippen LogP contribution in [-0.4, -0.2) is 33.5 Å². The van der Waals surface area contributed by atoms with Crippen LogP contribution in [0.2, 0.25) is 5.02 Å². The van der Waals surface area contributed by atoms with E-state index in [1.54, 1.807) is 6.08 Å². The summed E-state index contributed by atoms with van der Waals surface area (Å²) in [6, 6.07) is 15.3. The Kier molecular flexibility index (Phi) is 16.2. The largest absolute Gasteiger partial charge is 0.479 e. The number of aliphatic hydroxyl groups is 1. The first-order valence-corrected chi connectivity index (χ1v) is 15.4. The number of aliphatic carboxylic acids is 1. The van der Waals surface area contributed by atoms with E-state index >= 15 is 0 Å². The Morgan fingerprint density at radius 1 is 0.881 bits per heavy atom. The fraction of sp³-hybridized carbons (Fsp3) is 0.457. The van der Waals surface area contributed by atoms with Crippen LogP contribution in [0.4, 0.5) is 0 Å². The minimum atomic E-state index is -2.74. The van der Waals surface area contributed by atoms with Crippen LogP contribution < -0.4 is 5.32 Å². The highest BCUT2D eigenvalue weighted by molar-refractivity contribution is 6.30. The normalized spacial score (nSPS) is 13.5. The SMILES string of the molecule is [CH][C@@](O)(C(=O)O)[C@H](/C=C/CCCCCCC(=O)CCCCCCC)C(=O)N[CH]Cc1ccc(-c2ccc(Cl)cc2)cc1. The van der Waals surface area contributed by atoms with Gasteiger partial charge in [0.1, 0.15) is 5.78 Å². The molecule has 7 heteroatoms. The number of ketones is 1. The van der Waals surface area contributed by atoms with E-state index in [4.69, 9.17) is 18.5 Å². The van der Waals surface area contributed by atoms with Gasteiger partial charge >= 0.3 is 5.97 Å². The number of benzene rings is 2. The molecule has 6 nitrogen and oxygen atoms in total. The second-order valence-corrected chi connectivity index (χ2v) is 11.2. The number of amides is 1. The Morgan fingerprint density at radius 2 is 1.43 bits per heavy atom. The fourth-order valence-corrected chi connectivity index (χ4v) is 4.75. The summed E-state index contributed by atoms with van der Waals surface area (Å²) in [4.78, 5) is 36.4. The lowest BCUT2D eigenvalue weighted by Crippen LogP contribution is -2.49. The van der Waals surface area contributed by atoms with E-state index in [0.29, 0.717) is 36.5 Å². The van der Waals surface area contributed by atoms with Gasteiger partial charge < -0.3 is 15.5 Å². The van der Waals surface area contributed by atoms with E-state index in [9.17, 15) is 24.6 Å². The molecule has 0 saturated heterocycles. The zero-order valence-electron chi connectivity index (χ0n) is 24.7. The molecule has 2 rings (SSSR count). The molecule has 0 fully saturated rings. The van der Waals surface area contributed by atoms with Gasteiger partial charge in [-0.05, 0) is 60.9 Å². The Hall–Kier alpha value is -2.96. The highest BCUT2D eigenvalue weighted by atomic mass is 35.5. The van der Waals surface area contributed by atoms with Crippen LogP contribution in [0.25, 0.3) is 11.1 Å². The summed E-state index contributed by atoms with van der Waals surface area (Å²) in [5.41, 5.74) is 0.259. The summed E-state index contributed by atoms with van der Waals surface area (Å²) < 4.78 is 0. The third-order valence-electron chi connectivity index (χ3n) is 7.28. The first-order chi connectivity index (χ1) is 20.1. The number of rotatable bonds is 21. The molecule has 0 spiro atoms. The van der Waals surface area contributed by atoms with Crippen molar-refractivity contribution in [2.75, 3.05) is 0 Å². The van der Waals surface area contributed by atoms with Crippen molar-refractivity contribution in [1.29, 1.82) is 0 Å². The van der Waals surface area contributed by atoms with Gasteiger partial charge in [-0.1, -0.05) is 106 Å². The predicted octanol–water partition coefficient (Wildman–Crippen LogP) is 7.80. The Morgan fingerprint density at radius 3 is 2.00 bits per heavy atom. The number of carbonyl (C=O) groups excluding carboxylic acids is 2. The monoisotopic (exact) mass is 594 g/mol. The second kappa shape index (κ2) is 19.3. The number of hydrogen-bond acceptors (Lipinski definition) is 4. The van der Waals surface area contributed by atoms with Crippen molar-refractivity contribution in [3.8, 4) is 11.1 Å². The summed E-state index contributed by atoms with van der Waals surface area (Å²) >= 11 is 5.96. The van der Waals surface area contributed by atoms with Crippen molar-refractivity contribution in [2.24, 2.45) is 5.92 Å². The van der Waals surface area contributed by atoms with E-state index in [-0.39, 0.29) is 0 Å². The van der Waals surface area contributed by atoms with E-state index in [1.807, 2.05) is 48.5 Å². The molecule has 0 unspecified atom stereocenters. The van der Waals surface area contributed by atoms with Crippen LogP contribution in [0.5, 0.6) is 0 Å². The smallest absolute Gasteiger partial charge is 0.337 e. The Balaban J connectivity index is 1.74. The van der Waals surface area contributed by atoms with Gasteiger partial charge in [-0.2, -0.15) is 0 Å². The van der Waals surface area contributed by atoms with E-state index < -0.39 is 23.4 Å². The molecular weight excluding hydrogens is 550 g/mol. The third-order valence-corrected chi connectivity index (χ3v) is 7.53. The van der Waals surface area contributed by atoms with Gasteiger partial charge in [0, 0.05) is 24.8 Å². The number of carboxylic acids is 1. The first-order valence-electron chi connectivity index (χ1n) is 15.0. The van der Waals surface area contributed by atoms with E-state index in [0.717, 1.165) is 55.2 Å². The van der Waals surface area contributed by atoms with Crippen molar-refractivity contribution in [3.63, 3.8) is 0 Å². The summed E-state index contributed by atoms with van der Waals surface area (Å²) in [5, 5.41) is 23.0. The summed E-state index contributed by atoms with van der Waals surface area (Å²) in [7, 11) is 0. The van der Waals surface area contributed by atoms with Crippen molar-refractivity contribution < 1.29 is 24.6 Å². The van der Waals surface area contributed by atoms with Crippen molar-refractivity contribution in [1.82, 2.24) is 5.32 Å². The number of Topliss-reactive ketones (excluding diaryl/α,β-unsaturated/α-hetero) is 1. The Labute approximate surface area is 256 Å². The third kappa shape index (κ3) is 12.9. The minimum absolute atomic E-state index is 0.336. The average Bonchev–Trinajstić information content (AvgIpc) is 2.96. The van der Waals surface area contributed by atoms with Crippen LogP contribution in [0.1, 0.15) is 89.5 Å². The highest BCUT2D eigenvalue weighted by Gasteiger charge is 2.42. The molecular formula is C35H45ClNO5. The van der Waals surface area contributed by atoms with Crippen LogP contribution in [0.15, 0.2) is 60.7 Å². The van der Waals surface area contributed by atoms with Crippen LogP contribution in [0, 0.1) is 19.4 Å². The number of halogens is 1. The van der Waals surface area contributed by atoms with Crippen LogP contribution in [-0.2, 0) is 20.8 Å². The van der Waals surface area contributed by atoms with Crippen molar-refractivity contribution in [2.45, 2.75) is 96.0 Å². The van der Waals surface area contributed by atoms with Gasteiger partial charge in [-0.3, -0.25) is 9.59 Å².